The number of hydrogen-bond acceptors (Lipinski definition) is 4. The molecule has 0 aliphatic carbocycles. The molecule has 0 bridgehead atoms. The van der Waals surface area contributed by atoms with Gasteiger partial charge in [0.15, 0.2) is 9.84 Å². The average molecular weight is 193 g/mol. The van der Waals surface area contributed by atoms with Crippen molar-refractivity contribution >= 4 is 9.84 Å². The molecule has 2 N–H and O–H groups in total. The Labute approximate surface area is 73.0 Å². The molecule has 1 aliphatic rings. The van der Waals surface area contributed by atoms with Gasteiger partial charge in [0.2, 0.25) is 0 Å². The van der Waals surface area contributed by atoms with E-state index in [1.54, 1.807) is 7.11 Å². The van der Waals surface area contributed by atoms with E-state index in [0.717, 1.165) is 0 Å². The van der Waals surface area contributed by atoms with Crippen LogP contribution in [-0.2, 0) is 14.6 Å². The minimum atomic E-state index is -2.87. The van der Waals surface area contributed by atoms with Crippen LogP contribution < -0.4 is 5.73 Å². The molecule has 0 saturated carbocycles. The standard InChI is InChI=1S/C7H15NO3S/c1-11-7(2-4-8)3-5-12(9,10)6-7/h2-6,8H2,1H3. The van der Waals surface area contributed by atoms with Crippen molar-refractivity contribution in [2.75, 3.05) is 25.2 Å². The Balaban J connectivity index is 2.72. The topological polar surface area (TPSA) is 69.4 Å². The smallest absolute Gasteiger partial charge is 0.153 e. The highest BCUT2D eigenvalue weighted by Gasteiger charge is 2.41. The van der Waals surface area contributed by atoms with E-state index >= 15 is 0 Å². The van der Waals surface area contributed by atoms with E-state index in [1.165, 1.54) is 0 Å². The molecule has 0 radical (unpaired) electrons. The molecule has 1 rings (SSSR count). The predicted octanol–water partition coefficient (Wildman–Crippen LogP) is -0.461. The number of methoxy groups -OCH3 is 1. The van der Waals surface area contributed by atoms with Crippen molar-refractivity contribution in [3.05, 3.63) is 0 Å². The fourth-order valence-electron chi connectivity index (χ4n) is 1.61. The second-order valence-electron chi connectivity index (χ2n) is 3.27. The minimum Gasteiger partial charge on any atom is -0.377 e. The fourth-order valence-corrected chi connectivity index (χ4v) is 3.65. The lowest BCUT2D eigenvalue weighted by Gasteiger charge is -2.24. The first-order valence-electron chi connectivity index (χ1n) is 3.99. The van der Waals surface area contributed by atoms with Gasteiger partial charge in [-0.3, -0.25) is 0 Å². The molecule has 1 unspecified atom stereocenters. The van der Waals surface area contributed by atoms with Crippen molar-refractivity contribution in [1.82, 2.24) is 0 Å². The summed E-state index contributed by atoms with van der Waals surface area (Å²) < 4.78 is 27.5. The van der Waals surface area contributed by atoms with Crippen LogP contribution in [0.3, 0.4) is 0 Å². The highest BCUT2D eigenvalue weighted by atomic mass is 32.2. The van der Waals surface area contributed by atoms with E-state index in [1.807, 2.05) is 0 Å². The van der Waals surface area contributed by atoms with Crippen LogP contribution in [-0.4, -0.2) is 39.2 Å². The summed E-state index contributed by atoms with van der Waals surface area (Å²) in [4.78, 5) is 0. The summed E-state index contributed by atoms with van der Waals surface area (Å²) in [5.41, 5.74) is 4.89. The Morgan fingerprint density at radius 2 is 2.25 bits per heavy atom. The zero-order valence-corrected chi connectivity index (χ0v) is 8.06. The largest absolute Gasteiger partial charge is 0.377 e. The Kier molecular flexibility index (Phi) is 2.75. The second kappa shape index (κ2) is 3.32. The third kappa shape index (κ3) is 1.97. The molecule has 4 nitrogen and oxygen atoms in total. The first-order chi connectivity index (χ1) is 5.54. The summed E-state index contributed by atoms with van der Waals surface area (Å²) in [6.45, 7) is 0.476. The van der Waals surface area contributed by atoms with E-state index < -0.39 is 15.4 Å². The minimum absolute atomic E-state index is 0.133. The van der Waals surface area contributed by atoms with E-state index in [0.29, 0.717) is 19.4 Å². The maximum atomic E-state index is 11.2. The fraction of sp³-hybridized carbons (Fsp3) is 1.00. The third-order valence-electron chi connectivity index (χ3n) is 2.38. The van der Waals surface area contributed by atoms with Crippen LogP contribution in [0.4, 0.5) is 0 Å². The monoisotopic (exact) mass is 193 g/mol. The average Bonchev–Trinajstić information content (AvgIpc) is 2.29. The van der Waals surface area contributed by atoms with Gasteiger partial charge in [0.05, 0.1) is 17.1 Å². The SMILES string of the molecule is COC1(CCN)CCS(=O)(=O)C1. The molecule has 1 aliphatic heterocycles. The van der Waals surface area contributed by atoms with Crippen molar-refractivity contribution < 1.29 is 13.2 Å². The van der Waals surface area contributed by atoms with Crippen LogP contribution in [0.25, 0.3) is 0 Å². The normalized spacial score (nSPS) is 33.8. The van der Waals surface area contributed by atoms with Gasteiger partial charge >= 0.3 is 0 Å². The summed E-state index contributed by atoms with van der Waals surface area (Å²) in [5.74, 6) is 0.370. The van der Waals surface area contributed by atoms with Crippen LogP contribution in [0.5, 0.6) is 0 Å². The third-order valence-corrected chi connectivity index (χ3v) is 4.18. The molecular formula is C7H15NO3S. The van der Waals surface area contributed by atoms with Gasteiger partial charge in [0, 0.05) is 7.11 Å². The predicted molar refractivity (Wildman–Crippen MR) is 46.7 cm³/mol. The van der Waals surface area contributed by atoms with Gasteiger partial charge in [-0.25, -0.2) is 8.42 Å². The molecule has 1 saturated heterocycles. The van der Waals surface area contributed by atoms with Gasteiger partial charge < -0.3 is 10.5 Å². The van der Waals surface area contributed by atoms with Gasteiger partial charge in [-0.2, -0.15) is 0 Å². The maximum absolute atomic E-state index is 11.2. The summed E-state index contributed by atoms with van der Waals surface area (Å²) in [5, 5.41) is 0. The van der Waals surface area contributed by atoms with Crippen LogP contribution >= 0.6 is 0 Å². The summed E-state index contributed by atoms with van der Waals surface area (Å²) >= 11 is 0. The lowest BCUT2D eigenvalue weighted by Crippen LogP contribution is -2.35. The lowest BCUT2D eigenvalue weighted by molar-refractivity contribution is 0.00753. The number of hydrogen-bond donors (Lipinski definition) is 1. The Morgan fingerprint density at radius 3 is 2.58 bits per heavy atom. The molecule has 12 heavy (non-hydrogen) atoms. The molecule has 1 heterocycles. The molecule has 0 spiro atoms. The molecule has 0 amide bonds. The van der Waals surface area contributed by atoms with Crippen LogP contribution in [0.15, 0.2) is 0 Å². The van der Waals surface area contributed by atoms with Gasteiger partial charge in [0.1, 0.15) is 0 Å². The van der Waals surface area contributed by atoms with Crippen molar-refractivity contribution in [2.45, 2.75) is 18.4 Å². The maximum Gasteiger partial charge on any atom is 0.153 e. The van der Waals surface area contributed by atoms with E-state index in [9.17, 15) is 8.42 Å². The number of ether oxygens (including phenoxy) is 1. The zero-order chi connectivity index (χ0) is 9.24. The summed E-state index contributed by atoms with van der Waals surface area (Å²) in [6.07, 6.45) is 1.21. The molecular weight excluding hydrogens is 178 g/mol. The van der Waals surface area contributed by atoms with Gasteiger partial charge in [-0.1, -0.05) is 0 Å². The molecule has 5 heteroatoms. The van der Waals surface area contributed by atoms with E-state index in [-0.39, 0.29) is 11.5 Å². The number of sulfone groups is 1. The molecule has 1 fully saturated rings. The van der Waals surface area contributed by atoms with Crippen molar-refractivity contribution in [1.29, 1.82) is 0 Å². The highest BCUT2D eigenvalue weighted by molar-refractivity contribution is 7.91. The molecule has 0 aromatic carbocycles. The highest BCUT2D eigenvalue weighted by Crippen LogP contribution is 2.29. The number of nitrogens with two attached hydrogens (primary N) is 1. The molecule has 1 atom stereocenters. The first kappa shape index (κ1) is 9.95. The summed E-state index contributed by atoms with van der Waals surface area (Å²) in [6, 6.07) is 0. The lowest BCUT2D eigenvalue weighted by atomic mass is 9.99. The first-order valence-corrected chi connectivity index (χ1v) is 5.81. The molecule has 0 aromatic heterocycles. The van der Waals surface area contributed by atoms with Gasteiger partial charge in [0.25, 0.3) is 0 Å². The van der Waals surface area contributed by atoms with Crippen molar-refractivity contribution in [3.63, 3.8) is 0 Å². The van der Waals surface area contributed by atoms with E-state index in [4.69, 9.17) is 10.5 Å². The Morgan fingerprint density at radius 1 is 1.58 bits per heavy atom. The quantitative estimate of drug-likeness (QED) is 0.658. The summed E-state index contributed by atoms with van der Waals surface area (Å²) in [7, 11) is -1.32. The zero-order valence-electron chi connectivity index (χ0n) is 7.25. The molecule has 0 aromatic rings. The Bertz CT molecular complexity index is 249. The van der Waals surface area contributed by atoms with Crippen LogP contribution in [0, 0.1) is 0 Å². The number of rotatable bonds is 3. The van der Waals surface area contributed by atoms with Crippen LogP contribution in [0.1, 0.15) is 12.8 Å². The van der Waals surface area contributed by atoms with E-state index in [2.05, 4.69) is 0 Å². The van der Waals surface area contributed by atoms with Crippen molar-refractivity contribution in [2.24, 2.45) is 5.73 Å². The second-order valence-corrected chi connectivity index (χ2v) is 5.45. The molecule has 72 valence electrons. The van der Waals surface area contributed by atoms with Gasteiger partial charge in [-0.05, 0) is 19.4 Å². The van der Waals surface area contributed by atoms with Crippen molar-refractivity contribution in [3.8, 4) is 0 Å². The van der Waals surface area contributed by atoms with Crippen LogP contribution in [0.2, 0.25) is 0 Å². The Hall–Kier alpha value is -0.130. The van der Waals surface area contributed by atoms with Gasteiger partial charge in [-0.15, -0.1) is 0 Å².